The number of hydrogen-bond donors (Lipinski definition) is 0. The van der Waals surface area contributed by atoms with Gasteiger partial charge in [-0.15, -0.1) is 0 Å². The van der Waals surface area contributed by atoms with Gasteiger partial charge in [0.2, 0.25) is 5.91 Å². The number of hydrogen-bond acceptors (Lipinski definition) is 4. The van der Waals surface area contributed by atoms with Gasteiger partial charge in [0.05, 0.1) is 16.9 Å². The quantitative estimate of drug-likeness (QED) is 0.679. The number of carbonyl (C=O) groups excluding carboxylic acids is 1. The first-order valence-electron chi connectivity index (χ1n) is 11.8. The molecule has 2 atom stereocenters. The number of amides is 1. The fraction of sp³-hybridized carbons (Fsp3) is 0.720. The maximum Gasteiger partial charge on any atom is 0.226 e. The zero-order valence-electron chi connectivity index (χ0n) is 19.9. The van der Waals surface area contributed by atoms with Crippen LogP contribution < -0.4 is 4.90 Å². The molecule has 1 amide bonds. The van der Waals surface area contributed by atoms with E-state index in [1.807, 2.05) is 4.90 Å². The molecule has 2 heterocycles. The second-order valence-electron chi connectivity index (χ2n) is 10.9. The molecular formula is C25H40N2O3S. The van der Waals surface area contributed by atoms with Crippen molar-refractivity contribution in [2.45, 2.75) is 65.0 Å². The van der Waals surface area contributed by atoms with Gasteiger partial charge in [0, 0.05) is 31.9 Å². The largest absolute Gasteiger partial charge is 0.371 e. The number of likely N-dealkylation sites (tertiary alicyclic amines) is 1. The molecule has 1 aromatic rings. The van der Waals surface area contributed by atoms with E-state index in [-0.39, 0.29) is 17.6 Å². The van der Waals surface area contributed by atoms with Gasteiger partial charge in [-0.2, -0.15) is 0 Å². The zero-order valence-corrected chi connectivity index (χ0v) is 20.7. The van der Waals surface area contributed by atoms with Crippen molar-refractivity contribution < 1.29 is 13.2 Å². The van der Waals surface area contributed by atoms with Crippen LogP contribution in [0.15, 0.2) is 24.3 Å². The normalized spacial score (nSPS) is 23.8. The highest BCUT2D eigenvalue weighted by atomic mass is 32.2. The number of sulfone groups is 1. The number of anilines is 1. The minimum absolute atomic E-state index is 0.144. The van der Waals surface area contributed by atoms with Crippen LogP contribution >= 0.6 is 0 Å². The number of piperidine rings is 2. The predicted molar refractivity (Wildman–Crippen MR) is 128 cm³/mol. The number of carbonyl (C=O) groups is 1. The first kappa shape index (κ1) is 24.1. The molecule has 0 bridgehead atoms. The monoisotopic (exact) mass is 448 g/mol. The summed E-state index contributed by atoms with van der Waals surface area (Å²) in [5.41, 5.74) is 2.29. The van der Waals surface area contributed by atoms with Crippen LogP contribution in [-0.4, -0.2) is 55.9 Å². The molecule has 1 aromatic carbocycles. The first-order chi connectivity index (χ1) is 14.4. The summed E-state index contributed by atoms with van der Waals surface area (Å²) < 4.78 is 24.2. The summed E-state index contributed by atoms with van der Waals surface area (Å²) in [5, 5.41) is 0. The van der Waals surface area contributed by atoms with Crippen LogP contribution in [0.1, 0.15) is 59.4 Å². The van der Waals surface area contributed by atoms with Crippen molar-refractivity contribution in [3.05, 3.63) is 29.8 Å². The Hall–Kier alpha value is -1.56. The van der Waals surface area contributed by atoms with Gasteiger partial charge >= 0.3 is 0 Å². The first-order valence-corrected chi connectivity index (χ1v) is 13.4. The third-order valence-electron chi connectivity index (χ3n) is 6.88. The van der Waals surface area contributed by atoms with E-state index in [4.69, 9.17) is 0 Å². The molecule has 0 aliphatic carbocycles. The summed E-state index contributed by atoms with van der Waals surface area (Å²) in [6.07, 6.45) is 3.25. The smallest absolute Gasteiger partial charge is 0.226 e. The van der Waals surface area contributed by atoms with Crippen LogP contribution in [0.4, 0.5) is 5.69 Å². The van der Waals surface area contributed by atoms with Crippen LogP contribution in [0.25, 0.3) is 0 Å². The Kier molecular flexibility index (Phi) is 7.39. The number of rotatable bonds is 5. The van der Waals surface area contributed by atoms with Crippen LogP contribution in [0.5, 0.6) is 0 Å². The molecule has 6 heteroatoms. The maximum absolute atomic E-state index is 12.8. The highest BCUT2D eigenvalue weighted by Gasteiger charge is 2.33. The second kappa shape index (κ2) is 9.51. The maximum atomic E-state index is 12.8. The molecule has 0 saturated carbocycles. The van der Waals surface area contributed by atoms with Crippen molar-refractivity contribution >= 4 is 21.4 Å². The van der Waals surface area contributed by atoms with Gasteiger partial charge in [-0.3, -0.25) is 4.79 Å². The molecule has 2 aliphatic heterocycles. The fourth-order valence-electron chi connectivity index (χ4n) is 4.89. The van der Waals surface area contributed by atoms with Crippen molar-refractivity contribution in [2.75, 3.05) is 36.8 Å². The molecule has 0 N–H and O–H groups in total. The third-order valence-corrected chi connectivity index (χ3v) is 9.66. The molecule has 5 nitrogen and oxygen atoms in total. The topological polar surface area (TPSA) is 57.7 Å². The lowest BCUT2D eigenvalue weighted by atomic mass is 9.91. The molecule has 0 radical (unpaired) electrons. The second-order valence-corrected chi connectivity index (χ2v) is 13.7. The van der Waals surface area contributed by atoms with Gasteiger partial charge in [0.25, 0.3) is 0 Å². The van der Waals surface area contributed by atoms with E-state index in [1.54, 1.807) is 20.8 Å². The van der Waals surface area contributed by atoms with E-state index in [1.165, 1.54) is 12.1 Å². The molecule has 0 aromatic heterocycles. The summed E-state index contributed by atoms with van der Waals surface area (Å²) >= 11 is 0. The van der Waals surface area contributed by atoms with E-state index >= 15 is 0 Å². The number of nitrogens with zero attached hydrogens (tertiary/aromatic N) is 2. The Morgan fingerprint density at radius 3 is 2.06 bits per heavy atom. The number of benzene rings is 1. The minimum Gasteiger partial charge on any atom is -0.371 e. The van der Waals surface area contributed by atoms with Gasteiger partial charge < -0.3 is 9.80 Å². The molecule has 2 fully saturated rings. The Morgan fingerprint density at radius 1 is 1.00 bits per heavy atom. The SMILES string of the molecule is C[C@@H]1C[C@H](C)CN(c2ccc(CC(=O)N3CCC(CS(=O)(=O)C(C)(C)C)CC3)cc2)C1. The molecular weight excluding hydrogens is 408 g/mol. The zero-order chi connectivity index (χ0) is 22.8. The van der Waals surface area contributed by atoms with Crippen LogP contribution in [0.3, 0.4) is 0 Å². The van der Waals surface area contributed by atoms with Gasteiger partial charge in [0.15, 0.2) is 9.84 Å². The van der Waals surface area contributed by atoms with Crippen molar-refractivity contribution in [3.63, 3.8) is 0 Å². The molecule has 174 valence electrons. The van der Waals surface area contributed by atoms with E-state index in [2.05, 4.69) is 43.0 Å². The fourth-order valence-corrected chi connectivity index (χ4v) is 6.35. The minimum atomic E-state index is -3.11. The van der Waals surface area contributed by atoms with Gasteiger partial charge in [0.1, 0.15) is 0 Å². The van der Waals surface area contributed by atoms with Crippen molar-refractivity contribution in [1.82, 2.24) is 4.90 Å². The van der Waals surface area contributed by atoms with E-state index in [9.17, 15) is 13.2 Å². The van der Waals surface area contributed by atoms with Gasteiger partial charge in [-0.05, 0) is 75.5 Å². The molecule has 0 unspecified atom stereocenters. The van der Waals surface area contributed by atoms with Crippen LogP contribution in [0.2, 0.25) is 0 Å². The summed E-state index contributed by atoms with van der Waals surface area (Å²) in [7, 11) is -3.11. The van der Waals surface area contributed by atoms with Gasteiger partial charge in [-0.25, -0.2) is 8.42 Å². The summed E-state index contributed by atoms with van der Waals surface area (Å²) in [6.45, 7) is 13.4. The summed E-state index contributed by atoms with van der Waals surface area (Å²) in [6, 6.07) is 8.47. The Bertz CT molecular complexity index is 840. The van der Waals surface area contributed by atoms with Crippen molar-refractivity contribution in [2.24, 2.45) is 17.8 Å². The highest BCUT2D eigenvalue weighted by molar-refractivity contribution is 7.92. The molecule has 31 heavy (non-hydrogen) atoms. The standard InChI is InChI=1S/C25H40N2O3S/c1-19-14-20(2)17-27(16-19)23-8-6-21(7-9-23)15-24(28)26-12-10-22(11-13-26)18-31(29,30)25(3,4)5/h6-9,19-20,22H,10-18H2,1-5H3/t19-,20+. The summed E-state index contributed by atoms with van der Waals surface area (Å²) in [5.74, 6) is 1.96. The molecule has 2 saturated heterocycles. The lowest BCUT2D eigenvalue weighted by Crippen LogP contribution is -2.42. The third kappa shape index (κ3) is 6.24. The predicted octanol–water partition coefficient (Wildman–Crippen LogP) is 4.16. The average molecular weight is 449 g/mol. The van der Waals surface area contributed by atoms with E-state index < -0.39 is 14.6 Å². The van der Waals surface area contributed by atoms with E-state index in [0.717, 1.165) is 31.5 Å². The molecule has 0 spiro atoms. The molecule has 2 aliphatic rings. The van der Waals surface area contributed by atoms with Crippen molar-refractivity contribution in [3.8, 4) is 0 Å². The average Bonchev–Trinajstić information content (AvgIpc) is 2.67. The van der Waals surface area contributed by atoms with Crippen LogP contribution in [-0.2, 0) is 21.1 Å². The Labute approximate surface area is 189 Å². The lowest BCUT2D eigenvalue weighted by Gasteiger charge is -2.36. The Morgan fingerprint density at radius 2 is 1.55 bits per heavy atom. The lowest BCUT2D eigenvalue weighted by molar-refractivity contribution is -0.131. The summed E-state index contributed by atoms with van der Waals surface area (Å²) in [4.78, 5) is 17.2. The van der Waals surface area contributed by atoms with Crippen molar-refractivity contribution in [1.29, 1.82) is 0 Å². The van der Waals surface area contributed by atoms with Crippen LogP contribution in [0, 0.1) is 17.8 Å². The van der Waals surface area contributed by atoms with E-state index in [0.29, 0.717) is 31.3 Å². The molecule has 3 rings (SSSR count). The highest BCUT2D eigenvalue weighted by Crippen LogP contribution is 2.27. The Balaban J connectivity index is 1.50. The van der Waals surface area contributed by atoms with Gasteiger partial charge in [-0.1, -0.05) is 26.0 Å².